The number of aromatic nitrogens is 2. The van der Waals surface area contributed by atoms with Crippen LogP contribution in [-0.2, 0) is 27.2 Å². The summed E-state index contributed by atoms with van der Waals surface area (Å²) in [5.41, 5.74) is 8.55. The zero-order chi connectivity index (χ0) is 31.0. The van der Waals surface area contributed by atoms with Crippen molar-refractivity contribution >= 4 is 53.6 Å². The first kappa shape index (κ1) is 32.4. The van der Waals surface area contributed by atoms with Crippen molar-refractivity contribution in [1.82, 2.24) is 25.6 Å². The van der Waals surface area contributed by atoms with Gasteiger partial charge in [-0.2, -0.15) is 5.10 Å². The SMILES string of the molecule is CC(C)(C)OC(=O)C[C@@H](/C=N/NC(N)=O)NC(=O)[C@@H]1CC2(CN1C(=O)c1ncc(CCCc3ccccc3)[nH]1)SCCS2. The lowest BCUT2D eigenvalue weighted by molar-refractivity contribution is -0.155. The van der Waals surface area contributed by atoms with Gasteiger partial charge in [0, 0.05) is 42.6 Å². The van der Waals surface area contributed by atoms with Gasteiger partial charge in [0.1, 0.15) is 11.6 Å². The first-order valence-electron chi connectivity index (χ1n) is 14.2. The molecule has 43 heavy (non-hydrogen) atoms. The number of nitrogens with two attached hydrogens (primary N) is 1. The van der Waals surface area contributed by atoms with E-state index in [0.29, 0.717) is 13.0 Å². The highest BCUT2D eigenvalue weighted by Crippen LogP contribution is 2.52. The van der Waals surface area contributed by atoms with E-state index in [2.05, 4.69) is 37.9 Å². The van der Waals surface area contributed by atoms with E-state index in [1.165, 1.54) is 11.8 Å². The van der Waals surface area contributed by atoms with Crippen LogP contribution in [0.1, 0.15) is 61.9 Å². The molecule has 1 aromatic carbocycles. The number of hydrogen-bond donors (Lipinski definition) is 4. The standard InChI is InChI=1S/C29H39N7O5S2/c1-28(2,3)41-23(37)14-21(17-32-35-27(30)40)34-25(38)22-15-29(42-12-13-43-29)18-36(22)26(39)24-31-16-20(33-24)11-7-10-19-8-5-4-6-9-19/h4-6,8-9,16-17,21-22H,7,10-15,18H2,1-3H3,(H,31,33)(H,34,38)(H3,30,35,40)/b32-17+/t21-,22-/m0/s1. The van der Waals surface area contributed by atoms with Crippen LogP contribution < -0.4 is 16.5 Å². The molecule has 1 spiro atoms. The minimum atomic E-state index is -0.911. The number of thioether (sulfide) groups is 2. The predicted molar refractivity (Wildman–Crippen MR) is 168 cm³/mol. The molecule has 0 radical (unpaired) electrons. The fourth-order valence-corrected chi connectivity index (χ4v) is 8.28. The van der Waals surface area contributed by atoms with Crippen LogP contribution in [-0.4, -0.2) is 84.7 Å². The normalized spacial score (nSPS) is 18.6. The van der Waals surface area contributed by atoms with Crippen molar-refractivity contribution in [3.8, 4) is 0 Å². The maximum atomic E-state index is 13.7. The monoisotopic (exact) mass is 629 g/mol. The third-order valence-corrected chi connectivity index (χ3v) is 10.2. The van der Waals surface area contributed by atoms with Crippen LogP contribution in [0.25, 0.3) is 0 Å². The van der Waals surface area contributed by atoms with Crippen molar-refractivity contribution in [2.24, 2.45) is 10.8 Å². The number of esters is 1. The Hall–Kier alpha value is -3.52. The number of H-pyrrole nitrogens is 1. The number of carbonyl (C=O) groups excluding carboxylic acids is 4. The van der Waals surface area contributed by atoms with Crippen molar-refractivity contribution < 1.29 is 23.9 Å². The fourth-order valence-electron chi connectivity index (χ4n) is 5.02. The summed E-state index contributed by atoms with van der Waals surface area (Å²) < 4.78 is 5.10. The highest BCUT2D eigenvalue weighted by atomic mass is 32.2. The van der Waals surface area contributed by atoms with Crippen molar-refractivity contribution in [3.05, 3.63) is 53.6 Å². The van der Waals surface area contributed by atoms with Crippen LogP contribution in [0, 0.1) is 0 Å². The number of imidazole rings is 1. The Morgan fingerprint density at radius 2 is 1.93 bits per heavy atom. The van der Waals surface area contributed by atoms with E-state index in [9.17, 15) is 19.2 Å². The first-order chi connectivity index (χ1) is 20.4. The van der Waals surface area contributed by atoms with Gasteiger partial charge in [0.25, 0.3) is 5.91 Å². The molecular formula is C29H39N7O5S2. The Morgan fingerprint density at radius 1 is 1.21 bits per heavy atom. The van der Waals surface area contributed by atoms with Crippen LogP contribution in [0.3, 0.4) is 0 Å². The lowest BCUT2D eigenvalue weighted by Gasteiger charge is -2.25. The molecule has 0 bridgehead atoms. The highest BCUT2D eigenvalue weighted by Gasteiger charge is 2.52. The fraction of sp³-hybridized carbons (Fsp3) is 0.517. The topological polar surface area (TPSA) is 172 Å². The summed E-state index contributed by atoms with van der Waals surface area (Å²) in [7, 11) is 0. The number of hydrazone groups is 1. The number of nitrogens with zero attached hydrogens (tertiary/aromatic N) is 3. The van der Waals surface area contributed by atoms with E-state index in [-0.39, 0.29) is 22.2 Å². The van der Waals surface area contributed by atoms with Gasteiger partial charge in [-0.05, 0) is 45.6 Å². The highest BCUT2D eigenvalue weighted by molar-refractivity contribution is 8.21. The molecule has 14 heteroatoms. The number of urea groups is 1. The van der Waals surface area contributed by atoms with E-state index >= 15 is 0 Å². The van der Waals surface area contributed by atoms with Gasteiger partial charge in [-0.1, -0.05) is 30.3 Å². The van der Waals surface area contributed by atoms with E-state index < -0.39 is 35.6 Å². The van der Waals surface area contributed by atoms with Gasteiger partial charge in [-0.15, -0.1) is 23.5 Å². The number of amides is 4. The summed E-state index contributed by atoms with van der Waals surface area (Å²) in [6.45, 7) is 5.60. The van der Waals surface area contributed by atoms with Crippen molar-refractivity contribution in [3.63, 3.8) is 0 Å². The van der Waals surface area contributed by atoms with Crippen molar-refractivity contribution in [2.75, 3.05) is 18.1 Å². The Bertz CT molecular complexity index is 1320. The van der Waals surface area contributed by atoms with E-state index in [1.807, 2.05) is 18.2 Å². The largest absolute Gasteiger partial charge is 0.460 e. The molecular weight excluding hydrogens is 590 g/mol. The van der Waals surface area contributed by atoms with E-state index in [4.69, 9.17) is 10.5 Å². The van der Waals surface area contributed by atoms with Gasteiger partial charge >= 0.3 is 12.0 Å². The summed E-state index contributed by atoms with van der Waals surface area (Å²) in [4.78, 5) is 60.2. The molecule has 4 rings (SSSR count). The second-order valence-electron chi connectivity index (χ2n) is 11.5. The Kier molecular flexibility index (Phi) is 10.8. The molecule has 2 atom stereocenters. The maximum absolute atomic E-state index is 13.7. The number of nitrogens with one attached hydrogen (secondary N) is 3. The van der Waals surface area contributed by atoms with Crippen molar-refractivity contribution in [2.45, 2.75) is 74.6 Å². The van der Waals surface area contributed by atoms with Crippen LogP contribution in [0.5, 0.6) is 0 Å². The molecule has 5 N–H and O–H groups in total. The second kappa shape index (κ2) is 14.3. The molecule has 2 aromatic rings. The predicted octanol–water partition coefficient (Wildman–Crippen LogP) is 2.85. The summed E-state index contributed by atoms with van der Waals surface area (Å²) in [6, 6.07) is 7.61. The molecule has 0 unspecified atom stereocenters. The summed E-state index contributed by atoms with van der Waals surface area (Å²) in [5, 5.41) is 6.56. The van der Waals surface area contributed by atoms with Gasteiger partial charge < -0.3 is 25.7 Å². The molecule has 232 valence electrons. The van der Waals surface area contributed by atoms with Gasteiger partial charge in [0.05, 0.1) is 16.5 Å². The zero-order valence-electron chi connectivity index (χ0n) is 24.6. The zero-order valence-corrected chi connectivity index (χ0v) is 26.3. The molecule has 0 aliphatic carbocycles. The molecule has 3 heterocycles. The Labute approximate surface area is 259 Å². The second-order valence-corrected chi connectivity index (χ2v) is 14.7. The summed E-state index contributed by atoms with van der Waals surface area (Å²) in [6.07, 6.45) is 5.66. The van der Waals surface area contributed by atoms with E-state index in [1.54, 1.807) is 55.4 Å². The van der Waals surface area contributed by atoms with Crippen LogP contribution >= 0.6 is 23.5 Å². The van der Waals surface area contributed by atoms with Crippen LogP contribution in [0.2, 0.25) is 0 Å². The van der Waals surface area contributed by atoms with Crippen LogP contribution in [0.15, 0.2) is 41.6 Å². The molecule has 2 aliphatic heterocycles. The summed E-state index contributed by atoms with van der Waals surface area (Å²) >= 11 is 3.51. The number of primary amides is 1. The maximum Gasteiger partial charge on any atom is 0.332 e. The van der Waals surface area contributed by atoms with Gasteiger partial charge in [-0.3, -0.25) is 14.4 Å². The van der Waals surface area contributed by atoms with Gasteiger partial charge in [-0.25, -0.2) is 15.2 Å². The summed E-state index contributed by atoms with van der Waals surface area (Å²) in [5.74, 6) is 0.700. The number of likely N-dealkylation sites (tertiary alicyclic amines) is 1. The first-order valence-corrected chi connectivity index (χ1v) is 16.2. The lowest BCUT2D eigenvalue weighted by atomic mass is 10.1. The molecule has 1 aromatic heterocycles. The Morgan fingerprint density at radius 3 is 2.60 bits per heavy atom. The van der Waals surface area contributed by atoms with E-state index in [0.717, 1.165) is 36.5 Å². The van der Waals surface area contributed by atoms with Gasteiger partial charge in [0.2, 0.25) is 5.91 Å². The quantitative estimate of drug-likeness (QED) is 0.167. The Balaban J connectivity index is 1.46. The molecule has 2 saturated heterocycles. The molecule has 0 saturated carbocycles. The molecule has 2 aliphatic rings. The third kappa shape index (κ3) is 9.48. The molecule has 12 nitrogen and oxygen atoms in total. The average Bonchev–Trinajstić information content (AvgIpc) is 3.68. The van der Waals surface area contributed by atoms with Crippen LogP contribution in [0.4, 0.5) is 4.79 Å². The molecule has 2 fully saturated rings. The number of benzene rings is 1. The van der Waals surface area contributed by atoms with Crippen molar-refractivity contribution in [1.29, 1.82) is 0 Å². The number of hydrogen-bond acceptors (Lipinski definition) is 9. The minimum Gasteiger partial charge on any atom is -0.460 e. The number of ether oxygens (including phenoxy) is 1. The number of aryl methyl sites for hydroxylation is 2. The molecule has 4 amide bonds. The number of rotatable bonds is 11. The minimum absolute atomic E-state index is 0.190. The number of carbonyl (C=O) groups is 4. The lowest BCUT2D eigenvalue weighted by Crippen LogP contribution is -2.50. The smallest absolute Gasteiger partial charge is 0.332 e. The average molecular weight is 630 g/mol. The third-order valence-electron chi connectivity index (χ3n) is 6.82. The van der Waals surface area contributed by atoms with Gasteiger partial charge in [0.15, 0.2) is 5.82 Å². The number of aromatic amines is 1.